The first kappa shape index (κ1) is 15.5. The van der Waals surface area contributed by atoms with Crippen LogP contribution >= 0.6 is 0 Å². The van der Waals surface area contributed by atoms with Gasteiger partial charge in [0.1, 0.15) is 6.10 Å². The predicted molar refractivity (Wildman–Crippen MR) is 83.9 cm³/mol. The van der Waals surface area contributed by atoms with E-state index in [2.05, 4.69) is 45.2 Å². The van der Waals surface area contributed by atoms with E-state index in [-0.39, 0.29) is 0 Å². The van der Waals surface area contributed by atoms with Gasteiger partial charge in [0.2, 0.25) is 0 Å². The van der Waals surface area contributed by atoms with Crippen LogP contribution in [0, 0.1) is 0 Å². The molecule has 1 aliphatic carbocycles. The zero-order chi connectivity index (χ0) is 14.4. The SMILES string of the molecule is C=C1/C(=C/C(=C\C)CC)C(=C)C(O)/C1=C/C=C\CC. The number of hydrogen-bond donors (Lipinski definition) is 1. The molecule has 0 radical (unpaired) electrons. The van der Waals surface area contributed by atoms with Crippen molar-refractivity contribution in [1.29, 1.82) is 0 Å². The highest BCUT2D eigenvalue weighted by Crippen LogP contribution is 2.39. The second-order valence-corrected chi connectivity index (χ2v) is 4.64. The number of rotatable bonds is 4. The molecule has 1 heteroatoms. The van der Waals surface area contributed by atoms with Crippen LogP contribution in [0.1, 0.15) is 33.6 Å². The van der Waals surface area contributed by atoms with E-state index in [1.54, 1.807) is 0 Å². The molecule has 1 unspecified atom stereocenters. The lowest BCUT2D eigenvalue weighted by Crippen LogP contribution is -2.04. The van der Waals surface area contributed by atoms with E-state index in [0.717, 1.165) is 35.1 Å². The van der Waals surface area contributed by atoms with Crippen LogP contribution in [0.25, 0.3) is 0 Å². The smallest absolute Gasteiger partial charge is 0.105 e. The van der Waals surface area contributed by atoms with Gasteiger partial charge in [-0.25, -0.2) is 0 Å². The molecule has 0 aromatic rings. The van der Waals surface area contributed by atoms with Gasteiger partial charge in [0.25, 0.3) is 0 Å². The molecule has 19 heavy (non-hydrogen) atoms. The van der Waals surface area contributed by atoms with Crippen molar-refractivity contribution in [3.05, 3.63) is 71.4 Å². The molecule has 0 spiro atoms. The zero-order valence-electron chi connectivity index (χ0n) is 12.2. The fourth-order valence-electron chi connectivity index (χ4n) is 2.10. The molecule has 1 saturated carbocycles. The molecule has 1 rings (SSSR count). The molecule has 0 bridgehead atoms. The molecule has 1 N–H and O–H groups in total. The molecule has 1 nitrogen and oxygen atoms in total. The Kier molecular flexibility index (Phi) is 5.78. The van der Waals surface area contributed by atoms with Gasteiger partial charge < -0.3 is 5.11 Å². The van der Waals surface area contributed by atoms with E-state index >= 15 is 0 Å². The Morgan fingerprint density at radius 2 is 2.00 bits per heavy atom. The first-order chi connectivity index (χ1) is 9.06. The Balaban J connectivity index is 3.13. The van der Waals surface area contributed by atoms with Crippen molar-refractivity contribution < 1.29 is 5.11 Å². The molecular formula is C18H24O. The molecule has 0 aromatic carbocycles. The van der Waals surface area contributed by atoms with Gasteiger partial charge in [-0.3, -0.25) is 0 Å². The molecule has 0 aromatic heterocycles. The third kappa shape index (κ3) is 3.45. The summed E-state index contributed by atoms with van der Waals surface area (Å²) in [6.45, 7) is 14.3. The summed E-state index contributed by atoms with van der Waals surface area (Å²) in [5, 5.41) is 10.2. The zero-order valence-corrected chi connectivity index (χ0v) is 12.2. The lowest BCUT2D eigenvalue weighted by atomic mass is 10.0. The number of aliphatic hydroxyl groups is 1. The second kappa shape index (κ2) is 7.10. The van der Waals surface area contributed by atoms with Gasteiger partial charge in [-0.1, -0.05) is 63.0 Å². The van der Waals surface area contributed by atoms with Crippen LogP contribution in [0.5, 0.6) is 0 Å². The minimum Gasteiger partial charge on any atom is -0.384 e. The maximum Gasteiger partial charge on any atom is 0.105 e. The maximum atomic E-state index is 10.2. The van der Waals surface area contributed by atoms with Gasteiger partial charge >= 0.3 is 0 Å². The minimum atomic E-state index is -0.629. The fraction of sp³-hybridized carbons (Fsp3) is 0.333. The highest BCUT2D eigenvalue weighted by atomic mass is 16.3. The lowest BCUT2D eigenvalue weighted by molar-refractivity contribution is 0.259. The van der Waals surface area contributed by atoms with Crippen LogP contribution in [0.4, 0.5) is 0 Å². The molecule has 0 heterocycles. The second-order valence-electron chi connectivity index (χ2n) is 4.64. The van der Waals surface area contributed by atoms with Gasteiger partial charge in [-0.2, -0.15) is 0 Å². The Morgan fingerprint density at radius 3 is 2.53 bits per heavy atom. The average Bonchev–Trinajstić information content (AvgIpc) is 2.61. The summed E-state index contributed by atoms with van der Waals surface area (Å²) in [6, 6.07) is 0. The van der Waals surface area contributed by atoms with Crippen LogP contribution < -0.4 is 0 Å². The fourth-order valence-corrected chi connectivity index (χ4v) is 2.10. The first-order valence-electron chi connectivity index (χ1n) is 6.87. The molecule has 1 aliphatic rings. The summed E-state index contributed by atoms with van der Waals surface area (Å²) in [4.78, 5) is 0. The lowest BCUT2D eigenvalue weighted by Gasteiger charge is -2.03. The third-order valence-corrected chi connectivity index (χ3v) is 3.40. The van der Waals surface area contributed by atoms with Crippen molar-refractivity contribution in [2.75, 3.05) is 0 Å². The summed E-state index contributed by atoms with van der Waals surface area (Å²) < 4.78 is 0. The largest absolute Gasteiger partial charge is 0.384 e. The van der Waals surface area contributed by atoms with Crippen LogP contribution in [0.15, 0.2) is 71.4 Å². The standard InChI is InChI=1S/C18H24O/c1-6-9-10-11-16-13(4)17(14(5)18(16)19)12-15(7-2)8-3/h7,9-12,18-19H,4-6,8H2,1-3H3/b10-9-,15-7-,16-11+,17-12-. The number of aliphatic hydroxyl groups excluding tert-OH is 1. The van der Waals surface area contributed by atoms with Crippen molar-refractivity contribution in [2.24, 2.45) is 0 Å². The Morgan fingerprint density at radius 1 is 1.32 bits per heavy atom. The third-order valence-electron chi connectivity index (χ3n) is 3.40. The van der Waals surface area contributed by atoms with E-state index in [9.17, 15) is 5.11 Å². The van der Waals surface area contributed by atoms with Gasteiger partial charge in [-0.15, -0.1) is 0 Å². The molecule has 0 amide bonds. The van der Waals surface area contributed by atoms with Crippen molar-refractivity contribution in [3.63, 3.8) is 0 Å². The Labute approximate surface area is 117 Å². The number of allylic oxidation sites excluding steroid dienone is 6. The summed E-state index contributed by atoms with van der Waals surface area (Å²) in [5.41, 5.74) is 4.68. The highest BCUT2D eigenvalue weighted by molar-refractivity contribution is 5.67. The quantitative estimate of drug-likeness (QED) is 0.776. The van der Waals surface area contributed by atoms with Gasteiger partial charge in [0, 0.05) is 0 Å². The first-order valence-corrected chi connectivity index (χ1v) is 6.87. The molecule has 1 atom stereocenters. The molecule has 102 valence electrons. The predicted octanol–water partition coefficient (Wildman–Crippen LogP) is 4.65. The normalized spacial score (nSPS) is 25.3. The summed E-state index contributed by atoms with van der Waals surface area (Å²) in [5.74, 6) is 0. The van der Waals surface area contributed by atoms with Gasteiger partial charge in [0.15, 0.2) is 0 Å². The van der Waals surface area contributed by atoms with E-state index in [1.807, 2.05) is 19.1 Å². The van der Waals surface area contributed by atoms with E-state index in [1.165, 1.54) is 5.57 Å². The topological polar surface area (TPSA) is 20.2 Å². The molecular weight excluding hydrogens is 232 g/mol. The van der Waals surface area contributed by atoms with Crippen LogP contribution in [0.3, 0.4) is 0 Å². The van der Waals surface area contributed by atoms with Gasteiger partial charge in [-0.05, 0) is 42.1 Å². The molecule has 0 saturated heterocycles. The minimum absolute atomic E-state index is 0.629. The summed E-state index contributed by atoms with van der Waals surface area (Å²) in [6.07, 6.45) is 11.4. The van der Waals surface area contributed by atoms with Gasteiger partial charge in [0.05, 0.1) is 0 Å². The van der Waals surface area contributed by atoms with Crippen molar-refractivity contribution in [1.82, 2.24) is 0 Å². The summed E-state index contributed by atoms with van der Waals surface area (Å²) in [7, 11) is 0. The number of hydrogen-bond acceptors (Lipinski definition) is 1. The van der Waals surface area contributed by atoms with Crippen molar-refractivity contribution in [3.8, 4) is 0 Å². The van der Waals surface area contributed by atoms with E-state index in [4.69, 9.17) is 0 Å². The Bertz CT molecular complexity index is 484. The van der Waals surface area contributed by atoms with E-state index in [0.29, 0.717) is 0 Å². The molecule has 0 aliphatic heterocycles. The van der Waals surface area contributed by atoms with E-state index < -0.39 is 6.10 Å². The van der Waals surface area contributed by atoms with Crippen LogP contribution in [-0.2, 0) is 0 Å². The highest BCUT2D eigenvalue weighted by Gasteiger charge is 2.29. The van der Waals surface area contributed by atoms with Crippen molar-refractivity contribution in [2.45, 2.75) is 39.7 Å². The molecule has 1 fully saturated rings. The van der Waals surface area contributed by atoms with Crippen LogP contribution in [-0.4, -0.2) is 11.2 Å². The van der Waals surface area contributed by atoms with Crippen LogP contribution in [0.2, 0.25) is 0 Å². The average molecular weight is 256 g/mol. The van der Waals surface area contributed by atoms with Crippen molar-refractivity contribution >= 4 is 0 Å². The maximum absolute atomic E-state index is 10.2. The summed E-state index contributed by atoms with van der Waals surface area (Å²) >= 11 is 0. The Hall–Kier alpha value is -1.60. The monoisotopic (exact) mass is 256 g/mol.